The van der Waals surface area contributed by atoms with Gasteiger partial charge in [0.15, 0.2) is 0 Å². The zero-order valence-electron chi connectivity index (χ0n) is 12.1. The maximum atomic E-state index is 12.1. The molecule has 112 valence electrons. The molecule has 1 saturated heterocycles. The van der Waals surface area contributed by atoms with Crippen LogP contribution >= 0.6 is 0 Å². The largest absolute Gasteiger partial charge is 0.399 e. The first-order chi connectivity index (χ1) is 10.1. The number of hydrogen-bond acceptors (Lipinski definition) is 5. The minimum atomic E-state index is -0.174. The predicted molar refractivity (Wildman–Crippen MR) is 83.4 cm³/mol. The van der Waals surface area contributed by atoms with Crippen molar-refractivity contribution in [3.05, 3.63) is 28.6 Å². The summed E-state index contributed by atoms with van der Waals surface area (Å²) in [6.07, 6.45) is 2.02. The molecule has 21 heavy (non-hydrogen) atoms. The fourth-order valence-electron chi connectivity index (χ4n) is 2.58. The summed E-state index contributed by atoms with van der Waals surface area (Å²) >= 11 is 0. The quantitative estimate of drug-likeness (QED) is 0.748. The number of fused-ring (bicyclic) bond motifs is 1. The zero-order chi connectivity index (χ0) is 14.9. The standard InChI is InChI=1S/C15H20N4O2/c1-15(4-6-21-7-5-15)9-17-14-18-12-3-2-10(16)8-11(12)13(20)19-14/h2-3,8H,4-7,9,16H2,1H3,(H2,17,18,19,20). The van der Waals surface area contributed by atoms with E-state index in [2.05, 4.69) is 22.2 Å². The molecule has 0 spiro atoms. The molecule has 1 aliphatic heterocycles. The van der Waals surface area contributed by atoms with E-state index in [1.807, 2.05) is 0 Å². The highest BCUT2D eigenvalue weighted by Crippen LogP contribution is 2.29. The molecule has 0 aliphatic carbocycles. The van der Waals surface area contributed by atoms with Gasteiger partial charge >= 0.3 is 0 Å². The summed E-state index contributed by atoms with van der Waals surface area (Å²) < 4.78 is 5.39. The smallest absolute Gasteiger partial charge is 0.260 e. The van der Waals surface area contributed by atoms with Crippen LogP contribution in [0.4, 0.5) is 11.6 Å². The van der Waals surface area contributed by atoms with Crippen LogP contribution in [0, 0.1) is 5.41 Å². The number of ether oxygens (including phenoxy) is 1. The molecule has 3 rings (SSSR count). The van der Waals surface area contributed by atoms with E-state index in [0.29, 0.717) is 22.5 Å². The van der Waals surface area contributed by atoms with Gasteiger partial charge in [0, 0.05) is 25.4 Å². The first kappa shape index (κ1) is 13.9. The van der Waals surface area contributed by atoms with E-state index < -0.39 is 0 Å². The maximum absolute atomic E-state index is 12.1. The van der Waals surface area contributed by atoms with Crippen LogP contribution in [0.15, 0.2) is 23.0 Å². The summed E-state index contributed by atoms with van der Waals surface area (Å²) in [7, 11) is 0. The van der Waals surface area contributed by atoms with Crippen molar-refractivity contribution in [1.82, 2.24) is 9.97 Å². The van der Waals surface area contributed by atoms with Crippen molar-refractivity contribution in [2.24, 2.45) is 5.41 Å². The summed E-state index contributed by atoms with van der Waals surface area (Å²) in [5.41, 5.74) is 6.90. The Kier molecular flexibility index (Phi) is 3.55. The lowest BCUT2D eigenvalue weighted by Gasteiger charge is -2.33. The van der Waals surface area contributed by atoms with Crippen LogP contribution in [0.5, 0.6) is 0 Å². The average Bonchev–Trinajstić information content (AvgIpc) is 2.47. The third-order valence-electron chi connectivity index (χ3n) is 4.11. The van der Waals surface area contributed by atoms with Crippen LogP contribution < -0.4 is 16.6 Å². The minimum Gasteiger partial charge on any atom is -0.399 e. The number of nitrogens with zero attached hydrogens (tertiary/aromatic N) is 1. The third-order valence-corrected chi connectivity index (χ3v) is 4.11. The number of anilines is 2. The van der Waals surface area contributed by atoms with Crippen molar-refractivity contribution in [2.75, 3.05) is 30.8 Å². The Labute approximate surface area is 122 Å². The number of aromatic nitrogens is 2. The van der Waals surface area contributed by atoms with E-state index in [9.17, 15) is 4.79 Å². The average molecular weight is 288 g/mol. The van der Waals surface area contributed by atoms with Gasteiger partial charge in [0.2, 0.25) is 5.95 Å². The van der Waals surface area contributed by atoms with Gasteiger partial charge in [-0.3, -0.25) is 9.78 Å². The number of nitrogens with one attached hydrogen (secondary N) is 2. The van der Waals surface area contributed by atoms with Crippen molar-refractivity contribution in [1.29, 1.82) is 0 Å². The molecule has 2 heterocycles. The second-order valence-corrected chi connectivity index (χ2v) is 5.97. The van der Waals surface area contributed by atoms with Gasteiger partial charge in [-0.2, -0.15) is 0 Å². The van der Waals surface area contributed by atoms with Gasteiger partial charge in [0.05, 0.1) is 10.9 Å². The Morgan fingerprint density at radius 1 is 1.43 bits per heavy atom. The molecule has 1 aromatic carbocycles. The SMILES string of the molecule is CC1(CNc2nc3ccc(N)cc3c(=O)[nH]2)CCOCC1. The molecule has 1 fully saturated rings. The van der Waals surface area contributed by atoms with Gasteiger partial charge in [-0.15, -0.1) is 0 Å². The van der Waals surface area contributed by atoms with E-state index >= 15 is 0 Å². The van der Waals surface area contributed by atoms with Crippen molar-refractivity contribution in [3.8, 4) is 0 Å². The first-order valence-corrected chi connectivity index (χ1v) is 7.17. The van der Waals surface area contributed by atoms with E-state index in [0.717, 1.165) is 32.6 Å². The topological polar surface area (TPSA) is 93.0 Å². The molecule has 0 atom stereocenters. The number of nitrogen functional groups attached to an aromatic ring is 1. The van der Waals surface area contributed by atoms with E-state index in [-0.39, 0.29) is 11.0 Å². The number of nitrogens with two attached hydrogens (primary N) is 1. The van der Waals surface area contributed by atoms with Gasteiger partial charge in [0.25, 0.3) is 5.56 Å². The molecule has 1 aromatic heterocycles. The van der Waals surface area contributed by atoms with Crippen molar-refractivity contribution >= 4 is 22.5 Å². The highest BCUT2D eigenvalue weighted by molar-refractivity contribution is 5.81. The lowest BCUT2D eigenvalue weighted by atomic mass is 9.82. The van der Waals surface area contributed by atoms with Gasteiger partial charge < -0.3 is 15.8 Å². The maximum Gasteiger partial charge on any atom is 0.260 e. The van der Waals surface area contributed by atoms with Crippen LogP contribution in [0.1, 0.15) is 19.8 Å². The second-order valence-electron chi connectivity index (χ2n) is 5.97. The summed E-state index contributed by atoms with van der Waals surface area (Å²) in [6.45, 7) is 4.57. The van der Waals surface area contributed by atoms with Crippen LogP contribution in [0.25, 0.3) is 10.9 Å². The highest BCUT2D eigenvalue weighted by atomic mass is 16.5. The van der Waals surface area contributed by atoms with E-state index in [1.165, 1.54) is 0 Å². The second kappa shape index (κ2) is 5.37. The fourth-order valence-corrected chi connectivity index (χ4v) is 2.58. The Morgan fingerprint density at radius 2 is 2.19 bits per heavy atom. The molecule has 0 unspecified atom stereocenters. The molecule has 4 N–H and O–H groups in total. The normalized spacial score (nSPS) is 17.8. The molecule has 0 bridgehead atoms. The highest BCUT2D eigenvalue weighted by Gasteiger charge is 2.27. The Balaban J connectivity index is 1.81. The molecule has 1 aliphatic rings. The molecule has 6 heteroatoms. The molecule has 0 saturated carbocycles. The summed E-state index contributed by atoms with van der Waals surface area (Å²) in [6, 6.07) is 5.16. The summed E-state index contributed by atoms with van der Waals surface area (Å²) in [5.74, 6) is 0.505. The lowest BCUT2D eigenvalue weighted by molar-refractivity contribution is 0.0299. The van der Waals surface area contributed by atoms with Gasteiger partial charge in [-0.1, -0.05) is 6.92 Å². The monoisotopic (exact) mass is 288 g/mol. The predicted octanol–water partition coefficient (Wildman–Crippen LogP) is 1.73. The van der Waals surface area contributed by atoms with Crippen LogP contribution in [-0.2, 0) is 4.74 Å². The van der Waals surface area contributed by atoms with Crippen LogP contribution in [0.3, 0.4) is 0 Å². The molecular weight excluding hydrogens is 268 g/mol. The molecule has 6 nitrogen and oxygen atoms in total. The Bertz CT molecular complexity index is 704. The van der Waals surface area contributed by atoms with Crippen molar-refractivity contribution in [2.45, 2.75) is 19.8 Å². The summed E-state index contributed by atoms with van der Waals surface area (Å²) in [5, 5.41) is 3.76. The number of hydrogen-bond donors (Lipinski definition) is 3. The lowest BCUT2D eigenvalue weighted by Crippen LogP contribution is -2.33. The third kappa shape index (κ3) is 3.00. The van der Waals surface area contributed by atoms with Crippen LogP contribution in [-0.4, -0.2) is 29.7 Å². The Morgan fingerprint density at radius 3 is 2.95 bits per heavy atom. The number of rotatable bonds is 3. The van der Waals surface area contributed by atoms with Gasteiger partial charge in [0.1, 0.15) is 0 Å². The molecule has 0 amide bonds. The first-order valence-electron chi connectivity index (χ1n) is 7.17. The molecular formula is C15H20N4O2. The minimum absolute atomic E-state index is 0.174. The van der Waals surface area contributed by atoms with E-state index in [1.54, 1.807) is 18.2 Å². The van der Waals surface area contributed by atoms with Gasteiger partial charge in [-0.25, -0.2) is 4.98 Å². The summed E-state index contributed by atoms with van der Waals surface area (Å²) in [4.78, 5) is 19.3. The van der Waals surface area contributed by atoms with Crippen LogP contribution in [0.2, 0.25) is 0 Å². The number of benzene rings is 1. The number of aromatic amines is 1. The fraction of sp³-hybridized carbons (Fsp3) is 0.467. The van der Waals surface area contributed by atoms with Crippen molar-refractivity contribution in [3.63, 3.8) is 0 Å². The molecule has 0 radical (unpaired) electrons. The molecule has 2 aromatic rings. The van der Waals surface area contributed by atoms with E-state index in [4.69, 9.17) is 10.5 Å². The van der Waals surface area contributed by atoms with Gasteiger partial charge in [-0.05, 0) is 36.5 Å². The Hall–Kier alpha value is -2.08. The number of H-pyrrole nitrogens is 1. The zero-order valence-corrected chi connectivity index (χ0v) is 12.1. The van der Waals surface area contributed by atoms with Crippen molar-refractivity contribution < 1.29 is 4.74 Å².